The van der Waals surface area contributed by atoms with Gasteiger partial charge in [-0.2, -0.15) is 5.26 Å². The van der Waals surface area contributed by atoms with Gasteiger partial charge >= 0.3 is 0 Å². The third-order valence-corrected chi connectivity index (χ3v) is 7.04. The molecule has 0 bridgehead atoms. The topological polar surface area (TPSA) is 71.3 Å². The monoisotopic (exact) mass is 512 g/mol. The molecular formula is C25H22BrClN2O3. The lowest BCUT2D eigenvalue weighted by atomic mass is 9.72. The zero-order chi connectivity index (χ0) is 23.0. The van der Waals surface area contributed by atoms with E-state index in [0.29, 0.717) is 40.5 Å². The quantitative estimate of drug-likeness (QED) is 0.542. The third kappa shape index (κ3) is 3.92. The van der Waals surface area contributed by atoms with Crippen molar-refractivity contribution < 1.29 is 14.3 Å². The second-order valence-corrected chi connectivity index (χ2v) is 9.20. The van der Waals surface area contributed by atoms with E-state index in [1.165, 1.54) is 0 Å². The number of Topliss-reactive ketones (excluding diaryl/α,β-unsaturated/α-hetero) is 1. The summed E-state index contributed by atoms with van der Waals surface area (Å²) < 4.78 is 11.6. The summed E-state index contributed by atoms with van der Waals surface area (Å²) in [5, 5.41) is 14.0. The lowest BCUT2D eigenvalue weighted by molar-refractivity contribution is -0.116. The molecule has 1 aliphatic carbocycles. The molecule has 0 radical (unpaired) electrons. The molecule has 0 saturated heterocycles. The van der Waals surface area contributed by atoms with Crippen LogP contribution >= 0.6 is 27.5 Å². The molecule has 164 valence electrons. The van der Waals surface area contributed by atoms with Gasteiger partial charge in [-0.25, -0.2) is 0 Å². The standard InChI is InChI=1S/C25H22BrClN2O3/c1-13-18(12-28)24(17-10-22(31-2)23(32-3)11-19(17)26)25-20(29-13)8-15(9-21(25)30)14-4-6-16(27)7-5-14/h4-7,10-11,15,24,29H,8-9H2,1-3H3. The van der Waals surface area contributed by atoms with Crippen LogP contribution in [0.2, 0.25) is 5.02 Å². The second kappa shape index (κ2) is 9.01. The number of rotatable bonds is 4. The lowest BCUT2D eigenvalue weighted by Crippen LogP contribution is -2.33. The summed E-state index contributed by atoms with van der Waals surface area (Å²) >= 11 is 9.66. The Morgan fingerprint density at radius 3 is 2.41 bits per heavy atom. The van der Waals surface area contributed by atoms with E-state index in [4.69, 9.17) is 21.1 Å². The van der Waals surface area contributed by atoms with Crippen LogP contribution in [0.15, 0.2) is 63.4 Å². The molecule has 4 rings (SSSR count). The van der Waals surface area contributed by atoms with E-state index in [2.05, 4.69) is 27.3 Å². The molecule has 0 aromatic heterocycles. The van der Waals surface area contributed by atoms with E-state index < -0.39 is 5.92 Å². The predicted molar refractivity (Wildman–Crippen MR) is 127 cm³/mol. The smallest absolute Gasteiger partial charge is 0.162 e. The summed E-state index contributed by atoms with van der Waals surface area (Å²) in [4.78, 5) is 13.5. The molecule has 32 heavy (non-hydrogen) atoms. The first-order valence-corrected chi connectivity index (χ1v) is 11.4. The number of nitrogens with one attached hydrogen (secondary N) is 1. The minimum Gasteiger partial charge on any atom is -0.493 e. The van der Waals surface area contributed by atoms with Gasteiger partial charge in [0.15, 0.2) is 17.3 Å². The number of methoxy groups -OCH3 is 2. The Balaban J connectivity index is 1.83. The van der Waals surface area contributed by atoms with Gasteiger partial charge in [-0.05, 0) is 54.7 Å². The molecule has 2 aromatic carbocycles. The zero-order valence-corrected chi connectivity index (χ0v) is 20.3. The number of carbonyl (C=O) groups excluding carboxylic acids is 1. The second-order valence-electron chi connectivity index (χ2n) is 7.91. The summed E-state index contributed by atoms with van der Waals surface area (Å²) in [7, 11) is 3.14. The lowest BCUT2D eigenvalue weighted by Gasteiger charge is -2.36. The van der Waals surface area contributed by atoms with Gasteiger partial charge in [0.2, 0.25) is 0 Å². The molecule has 1 N–H and O–H groups in total. The maximum absolute atomic E-state index is 13.5. The van der Waals surface area contributed by atoms with Gasteiger partial charge in [0.1, 0.15) is 0 Å². The number of hydrogen-bond acceptors (Lipinski definition) is 5. The molecule has 0 spiro atoms. The highest BCUT2D eigenvalue weighted by molar-refractivity contribution is 9.10. The molecule has 0 fully saturated rings. The van der Waals surface area contributed by atoms with Crippen LogP contribution in [0.3, 0.4) is 0 Å². The van der Waals surface area contributed by atoms with Crippen molar-refractivity contribution in [3.05, 3.63) is 79.6 Å². The number of nitriles is 1. The van der Waals surface area contributed by atoms with Gasteiger partial charge in [-0.1, -0.05) is 39.7 Å². The van der Waals surface area contributed by atoms with Crippen LogP contribution in [0.25, 0.3) is 0 Å². The van der Waals surface area contributed by atoms with E-state index in [-0.39, 0.29) is 11.7 Å². The van der Waals surface area contributed by atoms with Crippen LogP contribution in [0.4, 0.5) is 0 Å². The number of dihydropyridines is 1. The SMILES string of the molecule is COc1cc(Br)c(C2C(C#N)=C(C)NC3=C2C(=O)CC(c2ccc(Cl)cc2)C3)cc1OC. The summed E-state index contributed by atoms with van der Waals surface area (Å²) in [6.07, 6.45) is 1.06. The number of allylic oxidation sites excluding steroid dienone is 4. The van der Waals surface area contributed by atoms with Crippen molar-refractivity contribution in [1.29, 1.82) is 5.26 Å². The molecule has 7 heteroatoms. The van der Waals surface area contributed by atoms with Crippen molar-refractivity contribution in [3.63, 3.8) is 0 Å². The van der Waals surface area contributed by atoms with Gasteiger partial charge in [-0.15, -0.1) is 0 Å². The molecule has 1 heterocycles. The fraction of sp³-hybridized carbons (Fsp3) is 0.280. The molecule has 2 atom stereocenters. The fourth-order valence-corrected chi connectivity index (χ4v) is 5.24. The number of halogens is 2. The van der Waals surface area contributed by atoms with Gasteiger partial charge < -0.3 is 14.8 Å². The summed E-state index contributed by atoms with van der Waals surface area (Å²) in [6, 6.07) is 13.6. The van der Waals surface area contributed by atoms with Crippen molar-refractivity contribution in [1.82, 2.24) is 5.32 Å². The molecule has 2 aliphatic rings. The summed E-state index contributed by atoms with van der Waals surface area (Å²) in [5.41, 5.74) is 4.66. The first-order valence-electron chi connectivity index (χ1n) is 10.2. The highest BCUT2D eigenvalue weighted by Crippen LogP contribution is 2.48. The Bertz CT molecular complexity index is 1190. The predicted octanol–water partition coefficient (Wildman–Crippen LogP) is 6.00. The van der Waals surface area contributed by atoms with Gasteiger partial charge in [-0.3, -0.25) is 4.79 Å². The number of benzene rings is 2. The average Bonchev–Trinajstić information content (AvgIpc) is 2.78. The van der Waals surface area contributed by atoms with Crippen molar-refractivity contribution in [2.45, 2.75) is 31.6 Å². The number of hydrogen-bond donors (Lipinski definition) is 1. The summed E-state index contributed by atoms with van der Waals surface area (Å²) in [5.74, 6) is 0.721. The van der Waals surface area contributed by atoms with Gasteiger partial charge in [0.25, 0.3) is 0 Å². The number of nitrogens with zero attached hydrogens (tertiary/aromatic N) is 1. The van der Waals surface area contributed by atoms with Crippen molar-refractivity contribution in [2.24, 2.45) is 0 Å². The largest absolute Gasteiger partial charge is 0.493 e. The van der Waals surface area contributed by atoms with Gasteiger partial charge in [0, 0.05) is 32.9 Å². The van der Waals surface area contributed by atoms with Gasteiger partial charge in [0.05, 0.1) is 31.8 Å². The molecule has 5 nitrogen and oxygen atoms in total. The summed E-state index contributed by atoms with van der Waals surface area (Å²) in [6.45, 7) is 1.88. The zero-order valence-electron chi connectivity index (χ0n) is 18.0. The minimum atomic E-state index is -0.482. The highest BCUT2D eigenvalue weighted by Gasteiger charge is 2.40. The molecule has 2 aromatic rings. The number of ether oxygens (including phenoxy) is 2. The molecular weight excluding hydrogens is 492 g/mol. The Morgan fingerprint density at radius 1 is 1.12 bits per heavy atom. The van der Waals surface area contributed by atoms with E-state index in [1.807, 2.05) is 43.3 Å². The first-order chi connectivity index (χ1) is 15.4. The van der Waals surface area contributed by atoms with Crippen LogP contribution in [-0.4, -0.2) is 20.0 Å². The molecule has 1 aliphatic heterocycles. The third-order valence-electron chi connectivity index (χ3n) is 6.10. The van der Waals surface area contributed by atoms with Crippen LogP contribution < -0.4 is 14.8 Å². The van der Waals surface area contributed by atoms with E-state index in [9.17, 15) is 10.1 Å². The Kier molecular flexibility index (Phi) is 6.32. The average molecular weight is 514 g/mol. The van der Waals surface area contributed by atoms with Crippen LogP contribution in [0, 0.1) is 11.3 Å². The molecule has 2 unspecified atom stereocenters. The van der Waals surface area contributed by atoms with Crippen molar-refractivity contribution in [2.75, 3.05) is 14.2 Å². The fourth-order valence-electron chi connectivity index (χ4n) is 4.56. The van der Waals surface area contributed by atoms with Crippen LogP contribution in [-0.2, 0) is 4.79 Å². The Hall–Kier alpha value is -2.75. The number of carbonyl (C=O) groups is 1. The van der Waals surface area contributed by atoms with Crippen molar-refractivity contribution >= 4 is 33.3 Å². The first kappa shape index (κ1) is 22.4. The maximum Gasteiger partial charge on any atom is 0.162 e. The van der Waals surface area contributed by atoms with Crippen LogP contribution in [0.5, 0.6) is 11.5 Å². The maximum atomic E-state index is 13.5. The van der Waals surface area contributed by atoms with Crippen LogP contribution in [0.1, 0.15) is 42.7 Å². The molecule has 0 amide bonds. The van der Waals surface area contributed by atoms with E-state index in [0.717, 1.165) is 27.0 Å². The van der Waals surface area contributed by atoms with E-state index >= 15 is 0 Å². The van der Waals surface area contributed by atoms with E-state index in [1.54, 1.807) is 14.2 Å². The minimum absolute atomic E-state index is 0.0330. The number of ketones is 1. The Morgan fingerprint density at radius 2 is 1.78 bits per heavy atom. The molecule has 0 saturated carbocycles. The van der Waals surface area contributed by atoms with Crippen molar-refractivity contribution in [3.8, 4) is 17.6 Å². The Labute approximate surface area is 200 Å². The highest BCUT2D eigenvalue weighted by atomic mass is 79.9. The normalized spacial score (nSPS) is 20.4.